The summed E-state index contributed by atoms with van der Waals surface area (Å²) in [5.74, 6) is -1.67. The Kier molecular flexibility index (Phi) is 10.9. The van der Waals surface area contributed by atoms with Crippen LogP contribution in [-0.4, -0.2) is 65.9 Å². The van der Waals surface area contributed by atoms with Crippen LogP contribution in [0.25, 0.3) is 0 Å². The fraction of sp³-hybridized carbons (Fsp3) is 0.583. The van der Waals surface area contributed by atoms with Crippen LogP contribution in [0.15, 0.2) is 18.2 Å². The van der Waals surface area contributed by atoms with E-state index in [4.69, 9.17) is 4.74 Å². The Bertz CT molecular complexity index is 897. The molecule has 0 aliphatic rings. The number of alkyl carbamates (subject to hydrolysis) is 1. The lowest BCUT2D eigenvalue weighted by atomic mass is 9.95. The minimum Gasteiger partial charge on any atom is -0.468 e. The molecule has 0 aliphatic carbocycles. The summed E-state index contributed by atoms with van der Waals surface area (Å²) in [6, 6.07) is 3.08. The van der Waals surface area contributed by atoms with Crippen LogP contribution in [0.3, 0.4) is 0 Å². The van der Waals surface area contributed by atoms with Gasteiger partial charge in [-0.3, -0.25) is 14.4 Å². The van der Waals surface area contributed by atoms with Gasteiger partial charge in [0.2, 0.25) is 11.8 Å². The number of esters is 1. The number of carbonyl (C=O) groups excluding carboxylic acids is 4. The molecule has 0 saturated heterocycles. The van der Waals surface area contributed by atoms with Gasteiger partial charge in [0, 0.05) is 11.8 Å². The van der Waals surface area contributed by atoms with Gasteiger partial charge in [0.05, 0.1) is 7.11 Å². The van der Waals surface area contributed by atoms with Gasteiger partial charge in [-0.25, -0.2) is 4.79 Å². The molecule has 1 aromatic rings. The molecule has 0 bridgehead atoms. The van der Waals surface area contributed by atoms with Crippen molar-refractivity contribution < 1.29 is 28.7 Å². The van der Waals surface area contributed by atoms with E-state index < -0.39 is 47.6 Å². The van der Waals surface area contributed by atoms with Crippen LogP contribution < -0.4 is 10.6 Å². The van der Waals surface area contributed by atoms with Gasteiger partial charge in [0.25, 0.3) is 0 Å². The fourth-order valence-electron chi connectivity index (χ4n) is 3.30. The second-order valence-corrected chi connectivity index (χ2v) is 9.64. The highest BCUT2D eigenvalue weighted by Gasteiger charge is 2.38. The van der Waals surface area contributed by atoms with E-state index in [2.05, 4.69) is 28.0 Å². The van der Waals surface area contributed by atoms with E-state index in [1.807, 2.05) is 32.0 Å². The van der Waals surface area contributed by atoms with Gasteiger partial charge in [-0.2, -0.15) is 12.6 Å². The highest BCUT2D eigenvalue weighted by molar-refractivity contribution is 7.80. The Labute approximate surface area is 207 Å². The summed E-state index contributed by atoms with van der Waals surface area (Å²) in [7, 11) is 1.22. The van der Waals surface area contributed by atoms with Crippen molar-refractivity contribution in [2.45, 2.75) is 72.2 Å². The third-order valence-electron chi connectivity index (χ3n) is 4.87. The Hall–Kier alpha value is -2.75. The number of nitrogens with zero attached hydrogens (tertiary/aromatic N) is 1. The SMILES string of the molecule is COC(=O)CNC(=O)C(c1cc(C)ccc1C)N(C(=O)C(CS)NC(=O)OC(C)(C)C)C(C)C. The molecule has 0 fully saturated rings. The summed E-state index contributed by atoms with van der Waals surface area (Å²) in [6.45, 7) is 12.1. The molecule has 0 spiro atoms. The molecule has 9 nitrogen and oxygen atoms in total. The van der Waals surface area contributed by atoms with Gasteiger partial charge in [-0.15, -0.1) is 0 Å². The van der Waals surface area contributed by atoms with Gasteiger partial charge >= 0.3 is 12.1 Å². The predicted molar refractivity (Wildman–Crippen MR) is 133 cm³/mol. The number of rotatable bonds is 9. The van der Waals surface area contributed by atoms with Gasteiger partial charge in [0.15, 0.2) is 0 Å². The molecule has 2 unspecified atom stereocenters. The number of hydrogen-bond donors (Lipinski definition) is 3. The molecule has 1 rings (SSSR count). The Morgan fingerprint density at radius 1 is 1.12 bits per heavy atom. The van der Waals surface area contributed by atoms with Crippen LogP contribution in [0.2, 0.25) is 0 Å². The molecule has 10 heteroatoms. The van der Waals surface area contributed by atoms with Gasteiger partial charge in [0.1, 0.15) is 24.2 Å². The first-order valence-corrected chi connectivity index (χ1v) is 11.7. The van der Waals surface area contributed by atoms with Gasteiger partial charge in [-0.05, 0) is 59.6 Å². The standard InChI is InChI=1S/C24H37N3O6S/c1-14(2)27(22(30)18(13-34)26-23(31)33-24(5,6)7)20(21(29)25-12-19(28)32-8)17-11-15(3)9-10-16(17)4/h9-11,14,18,20,34H,12-13H2,1-8H3,(H,25,29)(H,26,31). The van der Waals surface area contributed by atoms with Crippen molar-refractivity contribution in [3.05, 3.63) is 34.9 Å². The van der Waals surface area contributed by atoms with E-state index in [-0.39, 0.29) is 12.3 Å². The zero-order valence-electron chi connectivity index (χ0n) is 21.2. The summed E-state index contributed by atoms with van der Waals surface area (Å²) < 4.78 is 9.90. The normalized spacial score (nSPS) is 13.0. The topological polar surface area (TPSA) is 114 Å². The monoisotopic (exact) mass is 495 g/mol. The van der Waals surface area contributed by atoms with Gasteiger partial charge < -0.3 is 25.0 Å². The average molecular weight is 496 g/mol. The second-order valence-electron chi connectivity index (χ2n) is 9.28. The van der Waals surface area contributed by atoms with Crippen LogP contribution in [0.4, 0.5) is 4.79 Å². The number of thiol groups is 1. The van der Waals surface area contributed by atoms with E-state index in [9.17, 15) is 19.2 Å². The van der Waals surface area contributed by atoms with Crippen molar-refractivity contribution in [3.8, 4) is 0 Å². The molecular weight excluding hydrogens is 458 g/mol. The quantitative estimate of drug-likeness (QED) is 0.359. The summed E-state index contributed by atoms with van der Waals surface area (Å²) in [5.41, 5.74) is 1.56. The van der Waals surface area contributed by atoms with Crippen molar-refractivity contribution >= 4 is 36.5 Å². The highest BCUT2D eigenvalue weighted by Crippen LogP contribution is 2.28. The molecule has 3 amide bonds. The molecule has 0 aromatic heterocycles. The number of carbonyl (C=O) groups is 4. The minimum absolute atomic E-state index is 0.00933. The molecule has 2 atom stereocenters. The van der Waals surface area contributed by atoms with E-state index in [0.29, 0.717) is 5.56 Å². The molecule has 2 N–H and O–H groups in total. The van der Waals surface area contributed by atoms with E-state index in [0.717, 1.165) is 11.1 Å². The summed E-state index contributed by atoms with van der Waals surface area (Å²) in [4.78, 5) is 52.4. The Morgan fingerprint density at radius 2 is 1.74 bits per heavy atom. The summed E-state index contributed by atoms with van der Waals surface area (Å²) in [5, 5.41) is 5.11. The lowest BCUT2D eigenvalue weighted by Crippen LogP contribution is -2.56. The average Bonchev–Trinajstić information content (AvgIpc) is 2.73. The Morgan fingerprint density at radius 3 is 2.24 bits per heavy atom. The maximum atomic E-state index is 13.7. The zero-order valence-corrected chi connectivity index (χ0v) is 22.1. The maximum Gasteiger partial charge on any atom is 0.408 e. The lowest BCUT2D eigenvalue weighted by molar-refractivity contribution is -0.145. The number of hydrogen-bond acceptors (Lipinski definition) is 7. The number of benzene rings is 1. The van der Waals surface area contributed by atoms with E-state index in [1.165, 1.54) is 12.0 Å². The van der Waals surface area contributed by atoms with Crippen LogP contribution in [-0.2, 0) is 23.9 Å². The summed E-state index contributed by atoms with van der Waals surface area (Å²) >= 11 is 4.25. The van der Waals surface area contributed by atoms with E-state index >= 15 is 0 Å². The van der Waals surface area contributed by atoms with Crippen molar-refractivity contribution in [2.24, 2.45) is 0 Å². The first-order chi connectivity index (χ1) is 15.7. The molecule has 1 aromatic carbocycles. The number of aryl methyl sites for hydroxylation is 2. The zero-order chi connectivity index (χ0) is 26.2. The number of methoxy groups -OCH3 is 1. The minimum atomic E-state index is -1.06. The van der Waals surface area contributed by atoms with Crippen molar-refractivity contribution in [1.82, 2.24) is 15.5 Å². The molecule has 190 valence electrons. The molecule has 0 saturated carbocycles. The third-order valence-corrected chi connectivity index (χ3v) is 5.24. The fourth-order valence-corrected chi connectivity index (χ4v) is 3.54. The predicted octanol–water partition coefficient (Wildman–Crippen LogP) is 2.69. The van der Waals surface area contributed by atoms with Crippen LogP contribution in [0, 0.1) is 13.8 Å². The lowest BCUT2D eigenvalue weighted by Gasteiger charge is -2.37. The number of nitrogens with one attached hydrogen (secondary N) is 2. The van der Waals surface area contributed by atoms with Crippen molar-refractivity contribution in [3.63, 3.8) is 0 Å². The summed E-state index contributed by atoms with van der Waals surface area (Å²) in [6.07, 6.45) is -0.762. The van der Waals surface area contributed by atoms with Gasteiger partial charge in [-0.1, -0.05) is 23.8 Å². The highest BCUT2D eigenvalue weighted by atomic mass is 32.1. The Balaban J connectivity index is 3.43. The second kappa shape index (κ2) is 12.6. The smallest absolute Gasteiger partial charge is 0.408 e. The van der Waals surface area contributed by atoms with Crippen molar-refractivity contribution in [1.29, 1.82) is 0 Å². The largest absolute Gasteiger partial charge is 0.468 e. The molecule has 34 heavy (non-hydrogen) atoms. The van der Waals surface area contributed by atoms with Crippen LogP contribution in [0.1, 0.15) is 57.4 Å². The molecule has 0 radical (unpaired) electrons. The first kappa shape index (κ1) is 29.3. The first-order valence-electron chi connectivity index (χ1n) is 11.1. The maximum absolute atomic E-state index is 13.7. The number of amides is 3. The molecule has 0 aliphatic heterocycles. The van der Waals surface area contributed by atoms with E-state index in [1.54, 1.807) is 34.6 Å². The molecular formula is C24H37N3O6S. The number of ether oxygens (including phenoxy) is 2. The van der Waals surface area contributed by atoms with Crippen molar-refractivity contribution in [2.75, 3.05) is 19.4 Å². The third kappa shape index (κ3) is 8.55. The molecule has 0 heterocycles. The van der Waals surface area contributed by atoms with Crippen LogP contribution >= 0.6 is 12.6 Å². The van der Waals surface area contributed by atoms with Crippen LogP contribution in [0.5, 0.6) is 0 Å².